The van der Waals surface area contributed by atoms with E-state index in [1.807, 2.05) is 54.4 Å². The number of carbonyl (C=O) groups excluding carboxylic acids is 1. The second-order valence-corrected chi connectivity index (χ2v) is 9.26. The van der Waals surface area contributed by atoms with Crippen molar-refractivity contribution in [2.24, 2.45) is 5.92 Å². The molecule has 190 valence electrons. The Morgan fingerprint density at radius 2 is 1.81 bits per heavy atom. The second kappa shape index (κ2) is 10.1. The highest BCUT2D eigenvalue weighted by molar-refractivity contribution is 5.90. The van der Waals surface area contributed by atoms with Gasteiger partial charge in [-0.3, -0.25) is 0 Å². The smallest absolute Gasteiger partial charge is 0.322 e. The summed E-state index contributed by atoms with van der Waals surface area (Å²) in [4.78, 5) is 17.0. The standard InChI is InChI=1S/C29H27F2N3O3/c1-33-26-12-7-19(4-3-18-5-9-21(37-2)10-6-18)15-23(26)28-22(27(33)17-35)13-14-34(28)29(36)32-25-16-20(30)8-11-24(25)31/h5-12,15-16,22,27-28,35H,13-14,17H2,1-2H3,(H,32,36)/t22-,27+,28-/m1/s1. The predicted octanol–water partition coefficient (Wildman–Crippen LogP) is 4.78. The van der Waals surface area contributed by atoms with Gasteiger partial charge in [0, 0.05) is 42.4 Å². The Morgan fingerprint density at radius 1 is 1.08 bits per heavy atom. The average molecular weight is 504 g/mol. The first-order chi connectivity index (χ1) is 17.9. The molecule has 0 unspecified atom stereocenters. The van der Waals surface area contributed by atoms with Gasteiger partial charge < -0.3 is 25.0 Å². The predicted molar refractivity (Wildman–Crippen MR) is 138 cm³/mol. The van der Waals surface area contributed by atoms with E-state index in [0.29, 0.717) is 13.0 Å². The van der Waals surface area contributed by atoms with Crippen LogP contribution in [0.15, 0.2) is 60.7 Å². The van der Waals surface area contributed by atoms with Gasteiger partial charge in [0.2, 0.25) is 0 Å². The molecule has 0 aromatic heterocycles. The summed E-state index contributed by atoms with van der Waals surface area (Å²) in [5.74, 6) is 5.73. The van der Waals surface area contributed by atoms with Crippen LogP contribution in [0.5, 0.6) is 5.75 Å². The van der Waals surface area contributed by atoms with E-state index in [9.17, 15) is 18.7 Å². The first kappa shape index (κ1) is 24.6. The number of nitrogens with zero attached hydrogens (tertiary/aromatic N) is 2. The maximum Gasteiger partial charge on any atom is 0.322 e. The summed E-state index contributed by atoms with van der Waals surface area (Å²) in [7, 11) is 3.55. The van der Waals surface area contributed by atoms with Crippen molar-refractivity contribution in [3.05, 3.63) is 89.0 Å². The van der Waals surface area contributed by atoms with Gasteiger partial charge in [-0.25, -0.2) is 13.6 Å². The molecule has 0 spiro atoms. The van der Waals surface area contributed by atoms with Gasteiger partial charge in [-0.05, 0) is 66.6 Å². The lowest BCUT2D eigenvalue weighted by Gasteiger charge is -2.44. The fourth-order valence-electron chi connectivity index (χ4n) is 5.36. The SMILES string of the molecule is COc1ccc(C#Cc2ccc3c(c2)[C@H]2[C@H](CCN2C(=O)Nc2cc(F)ccc2F)[C@H](CO)N3C)cc1. The highest BCUT2D eigenvalue weighted by atomic mass is 19.1. The molecule has 3 aromatic rings. The summed E-state index contributed by atoms with van der Waals surface area (Å²) >= 11 is 0. The maximum atomic E-state index is 14.2. The molecule has 37 heavy (non-hydrogen) atoms. The molecule has 5 rings (SSSR count). The maximum absolute atomic E-state index is 14.2. The number of likely N-dealkylation sites (tertiary alicyclic amines) is 1. The van der Waals surface area contributed by atoms with E-state index in [2.05, 4.69) is 17.2 Å². The van der Waals surface area contributed by atoms with E-state index in [-0.39, 0.29) is 30.3 Å². The first-order valence-electron chi connectivity index (χ1n) is 12.1. The van der Waals surface area contributed by atoms with Crippen LogP contribution in [0.1, 0.15) is 29.2 Å². The minimum atomic E-state index is -0.710. The molecule has 2 heterocycles. The van der Waals surface area contributed by atoms with Crippen LogP contribution in [-0.2, 0) is 0 Å². The van der Waals surface area contributed by atoms with Crippen molar-refractivity contribution in [3.8, 4) is 17.6 Å². The van der Waals surface area contributed by atoms with E-state index in [4.69, 9.17) is 4.74 Å². The molecule has 0 aliphatic carbocycles. The molecule has 2 amide bonds. The molecular weight excluding hydrogens is 476 g/mol. The summed E-state index contributed by atoms with van der Waals surface area (Å²) < 4.78 is 33.1. The van der Waals surface area contributed by atoms with E-state index in [1.165, 1.54) is 0 Å². The monoisotopic (exact) mass is 503 g/mol. The molecule has 0 saturated carbocycles. The summed E-state index contributed by atoms with van der Waals surface area (Å²) in [6.07, 6.45) is 0.667. The number of amides is 2. The van der Waals surface area contributed by atoms with Gasteiger partial charge in [-0.2, -0.15) is 0 Å². The van der Waals surface area contributed by atoms with Crippen LogP contribution >= 0.6 is 0 Å². The van der Waals surface area contributed by atoms with Gasteiger partial charge in [0.15, 0.2) is 0 Å². The number of nitrogens with one attached hydrogen (secondary N) is 1. The Kier molecular flexibility index (Phi) is 6.72. The number of fused-ring (bicyclic) bond motifs is 3. The molecule has 1 saturated heterocycles. The van der Waals surface area contributed by atoms with Crippen molar-refractivity contribution in [1.29, 1.82) is 0 Å². The molecule has 0 radical (unpaired) electrons. The van der Waals surface area contributed by atoms with Crippen molar-refractivity contribution in [2.45, 2.75) is 18.5 Å². The van der Waals surface area contributed by atoms with Crippen LogP contribution in [0.2, 0.25) is 0 Å². The van der Waals surface area contributed by atoms with Gasteiger partial charge in [-0.1, -0.05) is 11.8 Å². The molecule has 6 nitrogen and oxygen atoms in total. The molecule has 3 aromatic carbocycles. The summed E-state index contributed by atoms with van der Waals surface area (Å²) in [5.41, 5.74) is 3.22. The normalized spacial score (nSPS) is 20.0. The van der Waals surface area contributed by atoms with Crippen LogP contribution in [-0.4, -0.2) is 49.4 Å². The van der Waals surface area contributed by atoms with Crippen molar-refractivity contribution >= 4 is 17.4 Å². The number of carbonyl (C=O) groups is 1. The first-order valence-corrected chi connectivity index (χ1v) is 12.1. The van der Waals surface area contributed by atoms with Gasteiger partial charge >= 0.3 is 6.03 Å². The molecule has 2 aliphatic rings. The molecule has 0 bridgehead atoms. The van der Waals surface area contributed by atoms with Gasteiger partial charge in [0.25, 0.3) is 0 Å². The second-order valence-electron chi connectivity index (χ2n) is 9.26. The third-order valence-corrected chi connectivity index (χ3v) is 7.22. The van der Waals surface area contributed by atoms with Gasteiger partial charge in [0.05, 0.1) is 31.5 Å². The van der Waals surface area contributed by atoms with E-state index in [0.717, 1.165) is 46.3 Å². The summed E-state index contributed by atoms with van der Waals surface area (Å²) in [6, 6.07) is 15.2. The van der Waals surface area contributed by atoms with Crippen molar-refractivity contribution in [1.82, 2.24) is 4.90 Å². The number of methoxy groups -OCH3 is 1. The number of rotatable bonds is 3. The van der Waals surface area contributed by atoms with Crippen molar-refractivity contribution in [2.75, 3.05) is 37.5 Å². The zero-order chi connectivity index (χ0) is 26.1. The number of aliphatic hydroxyl groups is 1. The molecular formula is C29H27F2N3O3. The summed E-state index contributed by atoms with van der Waals surface area (Å²) in [6.45, 7) is 0.355. The zero-order valence-corrected chi connectivity index (χ0v) is 20.5. The third-order valence-electron chi connectivity index (χ3n) is 7.22. The minimum absolute atomic E-state index is 0.0320. The Balaban J connectivity index is 1.48. The third kappa shape index (κ3) is 4.70. The Labute approximate surface area is 214 Å². The number of anilines is 2. The fraction of sp³-hybridized carbons (Fsp3) is 0.276. The quantitative estimate of drug-likeness (QED) is 0.505. The number of hydrogen-bond acceptors (Lipinski definition) is 4. The van der Waals surface area contributed by atoms with E-state index < -0.39 is 17.7 Å². The van der Waals surface area contributed by atoms with Crippen LogP contribution < -0.4 is 15.0 Å². The number of ether oxygens (including phenoxy) is 1. The molecule has 2 aliphatic heterocycles. The van der Waals surface area contributed by atoms with E-state index in [1.54, 1.807) is 12.0 Å². The lowest BCUT2D eigenvalue weighted by Crippen LogP contribution is -2.48. The van der Waals surface area contributed by atoms with Gasteiger partial charge in [0.1, 0.15) is 17.4 Å². The highest BCUT2D eigenvalue weighted by Crippen LogP contribution is 2.48. The molecule has 8 heteroatoms. The minimum Gasteiger partial charge on any atom is -0.497 e. The number of aliphatic hydroxyl groups excluding tert-OH is 1. The highest BCUT2D eigenvalue weighted by Gasteiger charge is 2.47. The number of halogens is 2. The number of urea groups is 1. The number of likely N-dealkylation sites (N-methyl/N-ethyl adjacent to an activating group) is 1. The molecule has 1 fully saturated rings. The fourth-order valence-corrected chi connectivity index (χ4v) is 5.36. The Morgan fingerprint density at radius 3 is 2.54 bits per heavy atom. The largest absolute Gasteiger partial charge is 0.497 e. The number of benzene rings is 3. The van der Waals surface area contributed by atoms with Crippen LogP contribution in [0.4, 0.5) is 25.0 Å². The average Bonchev–Trinajstić information content (AvgIpc) is 3.35. The zero-order valence-electron chi connectivity index (χ0n) is 20.5. The summed E-state index contributed by atoms with van der Waals surface area (Å²) in [5, 5.41) is 12.7. The molecule has 2 N–H and O–H groups in total. The number of hydrogen-bond donors (Lipinski definition) is 2. The van der Waals surface area contributed by atoms with Crippen LogP contribution in [0.25, 0.3) is 0 Å². The lowest BCUT2D eigenvalue weighted by molar-refractivity contribution is 0.168. The van der Waals surface area contributed by atoms with E-state index >= 15 is 0 Å². The van der Waals surface area contributed by atoms with Crippen molar-refractivity contribution in [3.63, 3.8) is 0 Å². The molecule has 3 atom stereocenters. The van der Waals surface area contributed by atoms with Crippen LogP contribution in [0.3, 0.4) is 0 Å². The van der Waals surface area contributed by atoms with Crippen molar-refractivity contribution < 1.29 is 23.4 Å². The lowest BCUT2D eigenvalue weighted by atomic mass is 9.81. The Bertz CT molecular complexity index is 1380. The Hall–Kier alpha value is -4.09. The van der Waals surface area contributed by atoms with Gasteiger partial charge in [-0.15, -0.1) is 0 Å². The topological polar surface area (TPSA) is 65.0 Å². The van der Waals surface area contributed by atoms with Crippen LogP contribution in [0, 0.1) is 29.4 Å².